The summed E-state index contributed by atoms with van der Waals surface area (Å²) >= 11 is 0. The maximum Gasteiger partial charge on any atom is 0.340 e. The molecule has 0 aliphatic rings. The summed E-state index contributed by atoms with van der Waals surface area (Å²) in [5, 5.41) is 9.66. The first-order valence-electron chi connectivity index (χ1n) is 8.31. The number of benzene rings is 1. The molecule has 0 saturated heterocycles. The monoisotopic (exact) mass is 346 g/mol. The number of fused-ring (bicyclic) bond motifs is 1. The number of hydrogen-bond donors (Lipinski definition) is 0. The molecular weight excluding hydrogens is 328 g/mol. The fourth-order valence-corrected chi connectivity index (χ4v) is 3.00. The van der Waals surface area contributed by atoms with Crippen LogP contribution in [0, 0.1) is 25.2 Å². The van der Waals surface area contributed by atoms with Gasteiger partial charge in [0.1, 0.15) is 11.6 Å². The zero-order valence-electron chi connectivity index (χ0n) is 14.9. The number of carbonyl (C=O) groups is 1. The van der Waals surface area contributed by atoms with Crippen molar-refractivity contribution in [1.82, 2.24) is 4.40 Å². The van der Waals surface area contributed by atoms with Crippen molar-refractivity contribution in [3.8, 4) is 17.2 Å². The molecule has 2 aromatic heterocycles. The van der Waals surface area contributed by atoms with Gasteiger partial charge in [-0.1, -0.05) is 24.3 Å². The number of esters is 1. The summed E-state index contributed by atoms with van der Waals surface area (Å²) < 4.78 is 6.54. The Labute approximate surface area is 151 Å². The van der Waals surface area contributed by atoms with Crippen LogP contribution in [0.3, 0.4) is 0 Å². The number of aryl methyl sites for hydroxylation is 2. The molecule has 0 atom stereocenters. The van der Waals surface area contributed by atoms with E-state index in [1.165, 1.54) is 4.40 Å². The van der Waals surface area contributed by atoms with Crippen LogP contribution in [0.2, 0.25) is 0 Å². The van der Waals surface area contributed by atoms with E-state index in [2.05, 4.69) is 0 Å². The quantitative estimate of drug-likeness (QED) is 0.679. The number of aromatic nitrogens is 1. The maximum atomic E-state index is 12.8. The van der Waals surface area contributed by atoms with Gasteiger partial charge >= 0.3 is 5.97 Å². The van der Waals surface area contributed by atoms with Gasteiger partial charge in [-0.15, -0.1) is 0 Å². The van der Waals surface area contributed by atoms with Crippen molar-refractivity contribution >= 4 is 11.5 Å². The van der Waals surface area contributed by atoms with Crippen LogP contribution in [0.5, 0.6) is 0 Å². The summed E-state index contributed by atoms with van der Waals surface area (Å²) in [6.07, 6.45) is 1.55. The second-order valence-corrected chi connectivity index (χ2v) is 6.02. The highest BCUT2D eigenvalue weighted by atomic mass is 16.5. The van der Waals surface area contributed by atoms with E-state index >= 15 is 0 Å². The molecule has 0 radical (unpaired) electrons. The smallest absolute Gasteiger partial charge is 0.340 e. The summed E-state index contributed by atoms with van der Waals surface area (Å²) in [7, 11) is 0. The largest absolute Gasteiger partial charge is 0.462 e. The van der Waals surface area contributed by atoms with Crippen LogP contribution in [0.15, 0.2) is 47.4 Å². The van der Waals surface area contributed by atoms with Gasteiger partial charge in [-0.3, -0.25) is 9.20 Å². The van der Waals surface area contributed by atoms with Gasteiger partial charge in [-0.05, 0) is 49.6 Å². The molecule has 5 heteroatoms. The highest BCUT2D eigenvalue weighted by Gasteiger charge is 2.25. The van der Waals surface area contributed by atoms with Gasteiger partial charge in [0, 0.05) is 11.8 Å². The summed E-state index contributed by atoms with van der Waals surface area (Å²) in [4.78, 5) is 25.6. The van der Waals surface area contributed by atoms with Gasteiger partial charge in [0.2, 0.25) is 0 Å². The van der Waals surface area contributed by atoms with Gasteiger partial charge in [0.15, 0.2) is 0 Å². The van der Waals surface area contributed by atoms with Gasteiger partial charge in [-0.2, -0.15) is 5.26 Å². The van der Waals surface area contributed by atoms with Crippen LogP contribution in [0.1, 0.15) is 34.0 Å². The van der Waals surface area contributed by atoms with Crippen LogP contribution in [-0.2, 0) is 4.74 Å². The minimum atomic E-state index is -0.555. The van der Waals surface area contributed by atoms with Crippen LogP contribution in [0.25, 0.3) is 16.6 Å². The van der Waals surface area contributed by atoms with E-state index in [-0.39, 0.29) is 17.7 Å². The average molecular weight is 346 g/mol. The molecule has 0 unspecified atom stereocenters. The molecule has 0 fully saturated rings. The van der Waals surface area contributed by atoms with Gasteiger partial charge < -0.3 is 4.74 Å². The van der Waals surface area contributed by atoms with Crippen molar-refractivity contribution in [2.24, 2.45) is 0 Å². The third kappa shape index (κ3) is 2.76. The molecule has 3 rings (SSSR count). The predicted molar refractivity (Wildman–Crippen MR) is 99.2 cm³/mol. The first-order chi connectivity index (χ1) is 12.5. The molecule has 0 N–H and O–H groups in total. The summed E-state index contributed by atoms with van der Waals surface area (Å²) in [6.45, 7) is 5.84. The van der Waals surface area contributed by atoms with Crippen LogP contribution >= 0.6 is 0 Å². The Kier molecular flexibility index (Phi) is 4.59. The number of nitrogens with zero attached hydrogens (tertiary/aromatic N) is 2. The third-order valence-electron chi connectivity index (χ3n) is 4.44. The van der Waals surface area contributed by atoms with E-state index in [1.54, 1.807) is 31.3 Å². The van der Waals surface area contributed by atoms with E-state index in [1.807, 2.05) is 38.1 Å². The summed E-state index contributed by atoms with van der Waals surface area (Å²) in [5.74, 6) is -0.555. The number of hydrogen-bond acceptors (Lipinski definition) is 4. The molecule has 5 nitrogen and oxygen atoms in total. The van der Waals surface area contributed by atoms with Gasteiger partial charge in [0.05, 0.1) is 17.7 Å². The van der Waals surface area contributed by atoms with Crippen molar-refractivity contribution in [2.75, 3.05) is 6.61 Å². The lowest BCUT2D eigenvalue weighted by Crippen LogP contribution is -2.22. The standard InChI is InChI=1S/C21H18N2O3/c1-4-26-21(25)19-17-7-5-6-10-23(17)20(24)16(12-22)18(19)15-9-8-13(2)14(3)11-15/h5-11H,4H2,1-3H3. The van der Waals surface area contributed by atoms with Gasteiger partial charge in [-0.25, -0.2) is 4.79 Å². The number of carbonyl (C=O) groups excluding carboxylic acids is 1. The second kappa shape index (κ2) is 6.85. The molecular formula is C21H18N2O3. The SMILES string of the molecule is CCOC(=O)c1c(-c2ccc(C)c(C)c2)c(C#N)c(=O)n2ccccc12. The molecule has 26 heavy (non-hydrogen) atoms. The Balaban J connectivity index is 2.52. The molecule has 2 heterocycles. The molecule has 1 aromatic carbocycles. The number of nitriles is 1. The zero-order valence-corrected chi connectivity index (χ0v) is 14.9. The van der Waals surface area contributed by atoms with Crippen molar-refractivity contribution in [3.05, 3.63) is 75.2 Å². The van der Waals surface area contributed by atoms with E-state index in [9.17, 15) is 14.9 Å². The van der Waals surface area contributed by atoms with E-state index in [0.717, 1.165) is 11.1 Å². The van der Waals surface area contributed by atoms with Crippen molar-refractivity contribution in [3.63, 3.8) is 0 Å². The Morgan fingerprint density at radius 3 is 2.62 bits per heavy atom. The molecule has 0 spiro atoms. The van der Waals surface area contributed by atoms with Crippen molar-refractivity contribution < 1.29 is 9.53 Å². The first-order valence-corrected chi connectivity index (χ1v) is 8.31. The fourth-order valence-electron chi connectivity index (χ4n) is 3.00. The topological polar surface area (TPSA) is 71.6 Å². The Hall–Kier alpha value is -3.39. The molecule has 0 bridgehead atoms. The Morgan fingerprint density at radius 2 is 1.96 bits per heavy atom. The molecule has 3 aromatic rings. The lowest BCUT2D eigenvalue weighted by Gasteiger charge is -2.15. The van der Waals surface area contributed by atoms with Crippen LogP contribution in [-0.4, -0.2) is 17.0 Å². The zero-order chi connectivity index (χ0) is 18.8. The molecule has 0 amide bonds. The van der Waals surface area contributed by atoms with Crippen molar-refractivity contribution in [1.29, 1.82) is 5.26 Å². The molecule has 0 saturated carbocycles. The Morgan fingerprint density at radius 1 is 1.19 bits per heavy atom. The second-order valence-electron chi connectivity index (χ2n) is 6.02. The van der Waals surface area contributed by atoms with E-state index in [4.69, 9.17) is 4.74 Å². The average Bonchev–Trinajstić information content (AvgIpc) is 2.64. The molecule has 0 aliphatic heterocycles. The lowest BCUT2D eigenvalue weighted by molar-refractivity contribution is 0.0529. The third-order valence-corrected chi connectivity index (χ3v) is 4.44. The summed E-state index contributed by atoms with van der Waals surface area (Å²) in [5.41, 5.74) is 3.19. The highest BCUT2D eigenvalue weighted by molar-refractivity contribution is 6.05. The van der Waals surface area contributed by atoms with Crippen molar-refractivity contribution in [2.45, 2.75) is 20.8 Å². The van der Waals surface area contributed by atoms with Gasteiger partial charge in [0.25, 0.3) is 5.56 Å². The minimum Gasteiger partial charge on any atom is -0.462 e. The van der Waals surface area contributed by atoms with E-state index in [0.29, 0.717) is 16.6 Å². The number of ether oxygens (including phenoxy) is 1. The molecule has 0 aliphatic carbocycles. The normalized spacial score (nSPS) is 10.5. The highest BCUT2D eigenvalue weighted by Crippen LogP contribution is 2.31. The molecule has 130 valence electrons. The number of rotatable bonds is 3. The minimum absolute atomic E-state index is 0.0694. The first kappa shape index (κ1) is 17.4. The summed E-state index contributed by atoms with van der Waals surface area (Å²) in [6, 6.07) is 12.7. The predicted octanol–water partition coefficient (Wildman–Crippen LogP) is 3.63. The lowest BCUT2D eigenvalue weighted by atomic mass is 9.93. The van der Waals surface area contributed by atoms with Crippen LogP contribution in [0.4, 0.5) is 0 Å². The fraction of sp³-hybridized carbons (Fsp3) is 0.190. The van der Waals surface area contributed by atoms with Crippen LogP contribution < -0.4 is 5.56 Å². The van der Waals surface area contributed by atoms with E-state index < -0.39 is 11.5 Å². The number of pyridine rings is 2. The Bertz CT molecular complexity index is 1120. The maximum absolute atomic E-state index is 12.8.